The zero-order valence-corrected chi connectivity index (χ0v) is 17.7. The molecule has 0 N–H and O–H groups in total. The van der Waals surface area contributed by atoms with Gasteiger partial charge in [0.15, 0.2) is 17.3 Å². The van der Waals surface area contributed by atoms with Crippen molar-refractivity contribution in [3.8, 4) is 45.6 Å². The maximum Gasteiger partial charge on any atom is 0.203 e. The van der Waals surface area contributed by atoms with Crippen LogP contribution in [0.4, 0.5) is 0 Å². The highest BCUT2D eigenvalue weighted by atomic mass is 16.5. The smallest absolute Gasteiger partial charge is 0.203 e. The molecule has 0 saturated heterocycles. The molecule has 0 aliphatic carbocycles. The lowest BCUT2D eigenvalue weighted by Crippen LogP contribution is -1.97. The Morgan fingerprint density at radius 2 is 1.48 bits per heavy atom. The molecule has 0 fully saturated rings. The van der Waals surface area contributed by atoms with E-state index in [0.29, 0.717) is 34.6 Å². The van der Waals surface area contributed by atoms with Gasteiger partial charge in [-0.2, -0.15) is 0 Å². The Morgan fingerprint density at radius 3 is 2.03 bits per heavy atom. The first-order chi connectivity index (χ1) is 14.1. The topological polar surface area (TPSA) is 63.0 Å². The molecule has 0 spiro atoms. The van der Waals surface area contributed by atoms with Crippen molar-refractivity contribution in [1.29, 1.82) is 0 Å². The van der Waals surface area contributed by atoms with Gasteiger partial charge in [0.2, 0.25) is 5.75 Å². The lowest BCUT2D eigenvalue weighted by atomic mass is 9.95. The number of benzene rings is 2. The average Bonchev–Trinajstić information content (AvgIpc) is 3.27. The van der Waals surface area contributed by atoms with E-state index in [1.165, 1.54) is 0 Å². The summed E-state index contributed by atoms with van der Waals surface area (Å²) in [5.41, 5.74) is 3.59. The van der Waals surface area contributed by atoms with Gasteiger partial charge < -0.3 is 23.5 Å². The second-order valence-electron chi connectivity index (χ2n) is 6.76. The van der Waals surface area contributed by atoms with E-state index < -0.39 is 0 Å². The molecule has 2 aromatic carbocycles. The molecule has 0 aliphatic heterocycles. The summed E-state index contributed by atoms with van der Waals surface area (Å²) in [6, 6.07) is 11.7. The molecule has 29 heavy (non-hydrogen) atoms. The summed E-state index contributed by atoms with van der Waals surface area (Å²) in [6.07, 6.45) is 1.02. The Morgan fingerprint density at radius 1 is 0.828 bits per heavy atom. The van der Waals surface area contributed by atoms with Gasteiger partial charge in [0.25, 0.3) is 0 Å². The largest absolute Gasteiger partial charge is 0.496 e. The molecule has 154 valence electrons. The number of ether oxygens (including phenoxy) is 4. The summed E-state index contributed by atoms with van der Waals surface area (Å²) < 4.78 is 27.4. The Kier molecular flexibility index (Phi) is 6.32. The Bertz CT molecular complexity index is 954. The van der Waals surface area contributed by atoms with Crippen LogP contribution >= 0.6 is 0 Å². The number of aromatic nitrogens is 1. The third-order valence-electron chi connectivity index (χ3n) is 5.13. The van der Waals surface area contributed by atoms with Crippen molar-refractivity contribution in [2.75, 3.05) is 28.4 Å². The molecule has 0 bridgehead atoms. The van der Waals surface area contributed by atoms with Crippen molar-refractivity contribution in [2.24, 2.45) is 0 Å². The van der Waals surface area contributed by atoms with Crippen LogP contribution in [0.3, 0.4) is 0 Å². The molecule has 1 unspecified atom stereocenters. The molecule has 1 aromatic heterocycles. The monoisotopic (exact) mass is 397 g/mol. The fourth-order valence-electron chi connectivity index (χ4n) is 3.27. The summed E-state index contributed by atoms with van der Waals surface area (Å²) in [5.74, 6) is 3.61. The second kappa shape index (κ2) is 8.90. The minimum Gasteiger partial charge on any atom is -0.496 e. The van der Waals surface area contributed by atoms with Crippen LogP contribution in [0.25, 0.3) is 22.6 Å². The van der Waals surface area contributed by atoms with Crippen LogP contribution in [0.2, 0.25) is 0 Å². The number of nitrogens with zero attached hydrogens (tertiary/aromatic N) is 1. The normalized spacial score (nSPS) is 11.8. The lowest BCUT2D eigenvalue weighted by molar-refractivity contribution is 0.324. The third kappa shape index (κ3) is 4.01. The van der Waals surface area contributed by atoms with Gasteiger partial charge in [0, 0.05) is 17.2 Å². The van der Waals surface area contributed by atoms with Gasteiger partial charge in [-0.15, -0.1) is 0 Å². The molecule has 0 radical (unpaired) electrons. The summed E-state index contributed by atoms with van der Waals surface area (Å²) in [5, 5.41) is 4.25. The molecular formula is C23H27NO5. The number of rotatable bonds is 8. The van der Waals surface area contributed by atoms with E-state index in [1.807, 2.05) is 30.3 Å². The van der Waals surface area contributed by atoms with Crippen molar-refractivity contribution in [2.45, 2.75) is 26.2 Å². The van der Waals surface area contributed by atoms with Gasteiger partial charge in [-0.1, -0.05) is 19.0 Å². The lowest BCUT2D eigenvalue weighted by Gasteiger charge is -2.14. The minimum atomic E-state index is 0.377. The first-order valence-corrected chi connectivity index (χ1v) is 9.51. The van der Waals surface area contributed by atoms with Gasteiger partial charge >= 0.3 is 0 Å². The predicted octanol–water partition coefficient (Wildman–Crippen LogP) is 5.56. The van der Waals surface area contributed by atoms with Crippen molar-refractivity contribution in [3.63, 3.8) is 0 Å². The quantitative estimate of drug-likeness (QED) is 0.496. The highest BCUT2D eigenvalue weighted by molar-refractivity contribution is 5.72. The van der Waals surface area contributed by atoms with Crippen molar-refractivity contribution < 1.29 is 23.5 Å². The molecule has 0 amide bonds. The molecule has 3 aromatic rings. The molecule has 6 nitrogen and oxygen atoms in total. The minimum absolute atomic E-state index is 0.377. The van der Waals surface area contributed by atoms with Gasteiger partial charge in [0.05, 0.1) is 28.4 Å². The predicted molar refractivity (Wildman–Crippen MR) is 112 cm³/mol. The van der Waals surface area contributed by atoms with E-state index in [9.17, 15) is 0 Å². The van der Waals surface area contributed by atoms with Gasteiger partial charge in [-0.25, -0.2) is 0 Å². The van der Waals surface area contributed by atoms with E-state index in [1.54, 1.807) is 28.4 Å². The fraction of sp³-hybridized carbons (Fsp3) is 0.348. The van der Waals surface area contributed by atoms with E-state index in [2.05, 4.69) is 25.1 Å². The summed E-state index contributed by atoms with van der Waals surface area (Å²) in [6.45, 7) is 4.34. The average molecular weight is 397 g/mol. The van der Waals surface area contributed by atoms with Crippen LogP contribution in [0.15, 0.2) is 40.9 Å². The standard InChI is InChI=1S/C23H27NO5/c1-7-14(2)17-10-15(8-9-19(17)25-3)20-13-18(24-29-20)16-11-21(26-4)23(28-6)22(12-16)27-5/h8-14H,7H2,1-6H3. The number of hydrogen-bond donors (Lipinski definition) is 0. The Hall–Kier alpha value is -3.15. The molecule has 3 rings (SSSR count). The van der Waals surface area contributed by atoms with Crippen molar-refractivity contribution in [3.05, 3.63) is 42.0 Å². The number of hydrogen-bond acceptors (Lipinski definition) is 6. The second-order valence-corrected chi connectivity index (χ2v) is 6.76. The molecule has 0 saturated carbocycles. The van der Waals surface area contributed by atoms with Crippen molar-refractivity contribution >= 4 is 0 Å². The van der Waals surface area contributed by atoms with Crippen molar-refractivity contribution in [1.82, 2.24) is 5.16 Å². The molecule has 6 heteroatoms. The zero-order valence-electron chi connectivity index (χ0n) is 17.7. The summed E-state index contributed by atoms with van der Waals surface area (Å²) >= 11 is 0. The third-order valence-corrected chi connectivity index (χ3v) is 5.13. The Balaban J connectivity index is 2.02. The number of methoxy groups -OCH3 is 4. The van der Waals surface area contributed by atoms with E-state index in [0.717, 1.165) is 28.9 Å². The van der Waals surface area contributed by atoms with Crippen LogP contribution in [0, 0.1) is 0 Å². The van der Waals surface area contributed by atoms with Crippen LogP contribution < -0.4 is 18.9 Å². The van der Waals surface area contributed by atoms with Gasteiger partial charge in [0.1, 0.15) is 11.4 Å². The molecule has 0 aliphatic rings. The van der Waals surface area contributed by atoms with Crippen LogP contribution in [-0.4, -0.2) is 33.6 Å². The molecule has 1 heterocycles. The first kappa shape index (κ1) is 20.6. The first-order valence-electron chi connectivity index (χ1n) is 9.51. The molecular weight excluding hydrogens is 370 g/mol. The van der Waals surface area contributed by atoms with Crippen LogP contribution in [0.1, 0.15) is 31.7 Å². The van der Waals surface area contributed by atoms with E-state index in [4.69, 9.17) is 23.5 Å². The van der Waals surface area contributed by atoms with Gasteiger partial charge in [-0.3, -0.25) is 0 Å². The Labute approximate surface area is 171 Å². The summed E-state index contributed by atoms with van der Waals surface area (Å²) in [7, 11) is 6.44. The summed E-state index contributed by atoms with van der Waals surface area (Å²) in [4.78, 5) is 0. The van der Waals surface area contributed by atoms with E-state index >= 15 is 0 Å². The highest BCUT2D eigenvalue weighted by Crippen LogP contribution is 2.41. The molecule has 1 atom stereocenters. The zero-order chi connectivity index (χ0) is 21.0. The highest BCUT2D eigenvalue weighted by Gasteiger charge is 2.18. The van der Waals surface area contributed by atoms with E-state index in [-0.39, 0.29) is 0 Å². The SMILES string of the molecule is CCC(C)c1cc(-c2cc(-c3cc(OC)c(OC)c(OC)c3)no2)ccc1OC. The van der Waals surface area contributed by atoms with Crippen LogP contribution in [-0.2, 0) is 0 Å². The van der Waals surface area contributed by atoms with Gasteiger partial charge in [-0.05, 0) is 48.2 Å². The fourth-order valence-corrected chi connectivity index (χ4v) is 3.27. The van der Waals surface area contributed by atoms with Crippen LogP contribution in [0.5, 0.6) is 23.0 Å². The maximum absolute atomic E-state index is 5.65. The maximum atomic E-state index is 5.65.